The summed E-state index contributed by atoms with van der Waals surface area (Å²) in [7, 11) is -0.341. The van der Waals surface area contributed by atoms with E-state index in [0.29, 0.717) is 13.1 Å². The van der Waals surface area contributed by atoms with Crippen LogP contribution in [0.3, 0.4) is 0 Å². The summed E-state index contributed by atoms with van der Waals surface area (Å²) in [5.74, 6) is -0.631. The summed E-state index contributed by atoms with van der Waals surface area (Å²) < 4.78 is 40.4. The number of amides is 1. The van der Waals surface area contributed by atoms with Gasteiger partial charge in [-0.2, -0.15) is 4.31 Å². The van der Waals surface area contributed by atoms with E-state index in [1.807, 2.05) is 35.2 Å². The number of carbonyl (C=O) groups excluding carboxylic acids is 1. The molecule has 0 aliphatic carbocycles. The Kier molecular flexibility index (Phi) is 6.12. The van der Waals surface area contributed by atoms with Crippen LogP contribution in [-0.2, 0) is 14.8 Å². The molecule has 1 saturated heterocycles. The molecule has 0 saturated carbocycles. The second kappa shape index (κ2) is 8.38. The molecule has 3 rings (SSSR count). The Hall–Kier alpha value is -2.29. The predicted octanol–water partition coefficient (Wildman–Crippen LogP) is 1.96. The Morgan fingerprint density at radius 2 is 1.64 bits per heavy atom. The third-order valence-corrected chi connectivity index (χ3v) is 6.76. The third kappa shape index (κ3) is 4.24. The molecule has 2 aromatic rings. The van der Waals surface area contributed by atoms with Gasteiger partial charge in [0.05, 0.1) is 4.90 Å². The molecule has 28 heavy (non-hydrogen) atoms. The lowest BCUT2D eigenvalue weighted by Crippen LogP contribution is -2.52. The maximum atomic E-state index is 13.5. The number of piperazine rings is 1. The van der Waals surface area contributed by atoms with Crippen molar-refractivity contribution in [3.63, 3.8) is 0 Å². The van der Waals surface area contributed by atoms with E-state index < -0.39 is 21.9 Å². The monoisotopic (exact) mass is 405 g/mol. The van der Waals surface area contributed by atoms with Gasteiger partial charge >= 0.3 is 0 Å². The van der Waals surface area contributed by atoms with E-state index in [1.54, 1.807) is 19.0 Å². The van der Waals surface area contributed by atoms with Crippen LogP contribution in [0.4, 0.5) is 4.39 Å². The van der Waals surface area contributed by atoms with E-state index in [4.69, 9.17) is 0 Å². The van der Waals surface area contributed by atoms with Gasteiger partial charge in [-0.25, -0.2) is 12.8 Å². The van der Waals surface area contributed by atoms with Crippen LogP contribution in [0.2, 0.25) is 0 Å². The molecule has 150 valence electrons. The molecular weight excluding hydrogens is 381 g/mol. The topological polar surface area (TPSA) is 60.9 Å². The van der Waals surface area contributed by atoms with Gasteiger partial charge < -0.3 is 4.90 Å². The fourth-order valence-corrected chi connectivity index (χ4v) is 4.82. The van der Waals surface area contributed by atoms with Crippen LogP contribution in [-0.4, -0.2) is 68.7 Å². The van der Waals surface area contributed by atoms with Gasteiger partial charge in [-0.3, -0.25) is 9.69 Å². The van der Waals surface area contributed by atoms with E-state index in [1.165, 1.54) is 22.5 Å². The van der Waals surface area contributed by atoms with Crippen molar-refractivity contribution < 1.29 is 17.6 Å². The summed E-state index contributed by atoms with van der Waals surface area (Å²) in [4.78, 5) is 16.3. The van der Waals surface area contributed by atoms with Crippen molar-refractivity contribution in [3.8, 4) is 0 Å². The molecule has 0 aromatic heterocycles. The van der Waals surface area contributed by atoms with E-state index in [-0.39, 0.29) is 23.9 Å². The molecule has 1 amide bonds. The van der Waals surface area contributed by atoms with Crippen molar-refractivity contribution in [1.29, 1.82) is 0 Å². The molecule has 8 heteroatoms. The number of hydrogen-bond donors (Lipinski definition) is 0. The van der Waals surface area contributed by atoms with Gasteiger partial charge in [0.2, 0.25) is 15.9 Å². The molecule has 2 aromatic carbocycles. The molecule has 0 N–H and O–H groups in total. The van der Waals surface area contributed by atoms with Crippen LogP contribution >= 0.6 is 0 Å². The number of hydrogen-bond acceptors (Lipinski definition) is 4. The highest BCUT2D eigenvalue weighted by Crippen LogP contribution is 2.26. The number of benzene rings is 2. The molecule has 1 atom stereocenters. The number of halogens is 1. The molecule has 1 fully saturated rings. The largest absolute Gasteiger partial charge is 0.347 e. The van der Waals surface area contributed by atoms with Crippen LogP contribution in [0.5, 0.6) is 0 Å². The summed E-state index contributed by atoms with van der Waals surface area (Å²) in [6, 6.07) is 14.0. The number of sulfonamides is 1. The van der Waals surface area contributed by atoms with Crippen LogP contribution < -0.4 is 0 Å². The first-order chi connectivity index (χ1) is 13.3. The first-order valence-corrected chi connectivity index (χ1v) is 10.5. The van der Waals surface area contributed by atoms with Gasteiger partial charge in [-0.1, -0.05) is 36.4 Å². The second-order valence-corrected chi connectivity index (χ2v) is 8.88. The van der Waals surface area contributed by atoms with Gasteiger partial charge in [0.25, 0.3) is 0 Å². The van der Waals surface area contributed by atoms with Crippen molar-refractivity contribution in [1.82, 2.24) is 14.1 Å². The third-order valence-electron chi connectivity index (χ3n) is 4.86. The van der Waals surface area contributed by atoms with Crippen LogP contribution in [0, 0.1) is 5.82 Å². The standard InChI is InChI=1S/C20H24FN3O3S/c1-22(2)20(25)19(16-7-4-3-5-8-16)23-11-13-24(14-12-23)28(26,27)18-10-6-9-17(21)15-18/h3-10,15,19H,11-14H2,1-2H3/t19-/m0/s1. The van der Waals surface area contributed by atoms with Crippen LogP contribution in [0.25, 0.3) is 0 Å². The van der Waals surface area contributed by atoms with Gasteiger partial charge in [0.1, 0.15) is 11.9 Å². The zero-order chi connectivity index (χ0) is 20.3. The molecule has 0 unspecified atom stereocenters. The predicted molar refractivity (Wildman–Crippen MR) is 105 cm³/mol. The fraction of sp³-hybridized carbons (Fsp3) is 0.350. The number of nitrogens with zero attached hydrogens (tertiary/aromatic N) is 3. The SMILES string of the molecule is CN(C)C(=O)[C@H](c1ccccc1)N1CCN(S(=O)(=O)c2cccc(F)c2)CC1. The highest BCUT2D eigenvalue weighted by Gasteiger charge is 2.35. The number of rotatable bonds is 5. The maximum Gasteiger partial charge on any atom is 0.244 e. The molecule has 0 bridgehead atoms. The minimum atomic E-state index is -3.76. The molecule has 1 aliphatic heterocycles. The lowest BCUT2D eigenvalue weighted by Gasteiger charge is -2.39. The zero-order valence-corrected chi connectivity index (χ0v) is 16.8. The van der Waals surface area contributed by atoms with Gasteiger partial charge in [-0.15, -0.1) is 0 Å². The fourth-order valence-electron chi connectivity index (χ4n) is 3.37. The highest BCUT2D eigenvalue weighted by molar-refractivity contribution is 7.89. The maximum absolute atomic E-state index is 13.5. The summed E-state index contributed by atoms with van der Waals surface area (Å²) in [5.41, 5.74) is 0.877. The Balaban J connectivity index is 1.78. The van der Waals surface area contributed by atoms with E-state index >= 15 is 0 Å². The molecule has 1 aliphatic rings. The van der Waals surface area contributed by atoms with E-state index in [0.717, 1.165) is 11.6 Å². The normalized spacial score (nSPS) is 17.2. The summed E-state index contributed by atoms with van der Waals surface area (Å²) in [5, 5.41) is 0. The number of carbonyl (C=O) groups is 1. The Bertz CT molecular complexity index is 927. The first kappa shape index (κ1) is 20.4. The molecule has 1 heterocycles. The van der Waals surface area contributed by atoms with Gasteiger partial charge in [-0.05, 0) is 23.8 Å². The van der Waals surface area contributed by atoms with Crippen LogP contribution in [0.1, 0.15) is 11.6 Å². The molecule has 6 nitrogen and oxygen atoms in total. The van der Waals surface area contributed by atoms with Crippen molar-refractivity contribution in [2.24, 2.45) is 0 Å². The minimum absolute atomic E-state index is 0.0485. The number of likely N-dealkylation sites (N-methyl/N-ethyl adjacent to an activating group) is 1. The summed E-state index contributed by atoms with van der Waals surface area (Å²) >= 11 is 0. The van der Waals surface area contributed by atoms with Gasteiger partial charge in [0, 0.05) is 40.3 Å². The van der Waals surface area contributed by atoms with Gasteiger partial charge in [0.15, 0.2) is 0 Å². The van der Waals surface area contributed by atoms with Crippen LogP contribution in [0.15, 0.2) is 59.5 Å². The van der Waals surface area contributed by atoms with E-state index in [2.05, 4.69) is 0 Å². The Morgan fingerprint density at radius 1 is 1.00 bits per heavy atom. The lowest BCUT2D eigenvalue weighted by atomic mass is 10.0. The average molecular weight is 405 g/mol. The summed E-state index contributed by atoms with van der Waals surface area (Å²) in [6.07, 6.45) is 0. The van der Waals surface area contributed by atoms with Crippen molar-refractivity contribution in [2.45, 2.75) is 10.9 Å². The summed E-state index contributed by atoms with van der Waals surface area (Å²) in [6.45, 7) is 1.30. The quantitative estimate of drug-likeness (QED) is 0.763. The van der Waals surface area contributed by atoms with E-state index in [9.17, 15) is 17.6 Å². The highest BCUT2D eigenvalue weighted by atomic mass is 32.2. The van der Waals surface area contributed by atoms with Crippen molar-refractivity contribution in [3.05, 3.63) is 66.0 Å². The molecule has 0 radical (unpaired) electrons. The smallest absolute Gasteiger partial charge is 0.244 e. The molecule has 0 spiro atoms. The first-order valence-electron chi connectivity index (χ1n) is 9.06. The average Bonchev–Trinajstić information content (AvgIpc) is 2.69. The Morgan fingerprint density at radius 3 is 2.21 bits per heavy atom. The second-order valence-electron chi connectivity index (χ2n) is 6.94. The lowest BCUT2D eigenvalue weighted by molar-refractivity contribution is -0.135. The Labute approximate surface area is 165 Å². The minimum Gasteiger partial charge on any atom is -0.347 e. The molecular formula is C20H24FN3O3S. The van der Waals surface area contributed by atoms with Crippen molar-refractivity contribution >= 4 is 15.9 Å². The zero-order valence-electron chi connectivity index (χ0n) is 16.0. The van der Waals surface area contributed by atoms with Crippen molar-refractivity contribution in [2.75, 3.05) is 40.3 Å².